The van der Waals surface area contributed by atoms with E-state index in [9.17, 15) is 0 Å². The van der Waals surface area contributed by atoms with Gasteiger partial charge in [0.25, 0.3) is 0 Å². The lowest BCUT2D eigenvalue weighted by Gasteiger charge is -2.18. The van der Waals surface area contributed by atoms with E-state index in [0.717, 1.165) is 39.2 Å². The summed E-state index contributed by atoms with van der Waals surface area (Å²) in [6, 6.07) is 22.8. The van der Waals surface area contributed by atoms with Gasteiger partial charge in [-0.3, -0.25) is 4.57 Å². The maximum atomic E-state index is 6.16. The molecule has 4 nitrogen and oxygen atoms in total. The molecule has 0 aliphatic carbocycles. The zero-order chi connectivity index (χ0) is 22.0. The zero-order valence-corrected chi connectivity index (χ0v) is 18.5. The molecule has 0 amide bonds. The van der Waals surface area contributed by atoms with Gasteiger partial charge >= 0.3 is 0 Å². The summed E-state index contributed by atoms with van der Waals surface area (Å²) in [7, 11) is 0. The highest BCUT2D eigenvalue weighted by Gasteiger charge is 2.12. The second kappa shape index (κ2) is 8.40. The number of benzene rings is 3. The molecule has 0 saturated heterocycles. The van der Waals surface area contributed by atoms with Crippen LogP contribution in [0, 0.1) is 0 Å². The molecule has 0 spiro atoms. The number of ether oxygens (including phenoxy) is 1. The number of fused-ring (bicyclic) bond motifs is 1. The molecular weight excluding hydrogens is 382 g/mol. The first-order valence-electron chi connectivity index (χ1n) is 10.6. The van der Waals surface area contributed by atoms with E-state index in [1.165, 1.54) is 0 Å². The van der Waals surface area contributed by atoms with Crippen LogP contribution < -0.4 is 10.5 Å². The van der Waals surface area contributed by atoms with E-state index in [4.69, 9.17) is 10.5 Å². The molecule has 158 valence electrons. The van der Waals surface area contributed by atoms with Crippen molar-refractivity contribution >= 4 is 23.2 Å². The molecule has 0 unspecified atom stereocenters. The minimum atomic E-state index is -0.326. The van der Waals surface area contributed by atoms with Crippen molar-refractivity contribution in [3.8, 4) is 11.4 Å². The van der Waals surface area contributed by atoms with Crippen LogP contribution in [0.15, 0.2) is 73.1 Å². The van der Waals surface area contributed by atoms with Crippen LogP contribution in [-0.4, -0.2) is 15.7 Å². The second-order valence-electron chi connectivity index (χ2n) is 8.70. The molecule has 31 heavy (non-hydrogen) atoms. The van der Waals surface area contributed by atoms with Crippen molar-refractivity contribution in [2.24, 2.45) is 5.73 Å². The normalized spacial score (nSPS) is 12.2. The number of aromatic nitrogens is 2. The van der Waals surface area contributed by atoms with E-state index in [1.54, 1.807) is 0 Å². The summed E-state index contributed by atoms with van der Waals surface area (Å²) >= 11 is 0. The van der Waals surface area contributed by atoms with Crippen LogP contribution in [-0.2, 0) is 5.54 Å². The topological polar surface area (TPSA) is 53.1 Å². The minimum absolute atomic E-state index is 0.164. The quantitative estimate of drug-likeness (QED) is 0.386. The number of rotatable bonds is 6. The molecule has 0 saturated carbocycles. The van der Waals surface area contributed by atoms with Crippen molar-refractivity contribution in [3.05, 3.63) is 89.7 Å². The molecule has 4 heteroatoms. The zero-order valence-electron chi connectivity index (χ0n) is 18.5. The standard InChI is InChI=1S/C27H29N3O/c1-19(2)31-24-14-12-23(13-15-24)30-18-29-25-17-21(9-16-26(25)30)6-5-20-7-10-22(11-8-20)27(3,4)28/h5-19H,28H2,1-4H3/b6-5-. The fourth-order valence-electron chi connectivity index (χ4n) is 3.51. The molecule has 0 atom stereocenters. The number of hydrogen-bond acceptors (Lipinski definition) is 3. The average molecular weight is 412 g/mol. The van der Waals surface area contributed by atoms with Gasteiger partial charge in [0, 0.05) is 11.2 Å². The first-order valence-corrected chi connectivity index (χ1v) is 10.6. The predicted octanol–water partition coefficient (Wildman–Crippen LogP) is 6.18. The van der Waals surface area contributed by atoms with Gasteiger partial charge in [-0.05, 0) is 80.8 Å². The van der Waals surface area contributed by atoms with Crippen LogP contribution in [0.1, 0.15) is 44.4 Å². The van der Waals surface area contributed by atoms with Crippen LogP contribution in [0.5, 0.6) is 5.75 Å². The number of hydrogen-bond donors (Lipinski definition) is 1. The van der Waals surface area contributed by atoms with Crippen molar-refractivity contribution in [2.45, 2.75) is 39.3 Å². The van der Waals surface area contributed by atoms with Crippen LogP contribution in [0.4, 0.5) is 0 Å². The third-order valence-corrected chi connectivity index (χ3v) is 5.18. The maximum Gasteiger partial charge on any atom is 0.119 e. The predicted molar refractivity (Wildman–Crippen MR) is 129 cm³/mol. The Labute approximate surface area is 184 Å². The Balaban J connectivity index is 1.54. The SMILES string of the molecule is CC(C)Oc1ccc(-n2cnc3cc(/C=C\c4ccc(C(C)(C)N)cc4)ccc32)cc1. The Morgan fingerprint density at radius 1 is 0.903 bits per heavy atom. The largest absolute Gasteiger partial charge is 0.491 e. The molecule has 0 fully saturated rings. The van der Waals surface area contributed by atoms with Crippen LogP contribution in [0.2, 0.25) is 0 Å². The lowest BCUT2D eigenvalue weighted by atomic mass is 9.95. The molecule has 2 N–H and O–H groups in total. The summed E-state index contributed by atoms with van der Waals surface area (Å²) in [5, 5.41) is 0. The van der Waals surface area contributed by atoms with Crippen molar-refractivity contribution in [3.63, 3.8) is 0 Å². The van der Waals surface area contributed by atoms with Gasteiger partial charge in [-0.25, -0.2) is 4.98 Å². The molecule has 0 radical (unpaired) electrons. The summed E-state index contributed by atoms with van der Waals surface area (Å²) < 4.78 is 7.83. The van der Waals surface area contributed by atoms with Gasteiger partial charge in [-0.2, -0.15) is 0 Å². The average Bonchev–Trinajstić information content (AvgIpc) is 3.15. The fourth-order valence-corrected chi connectivity index (χ4v) is 3.51. The lowest BCUT2D eigenvalue weighted by Crippen LogP contribution is -2.28. The molecule has 0 bridgehead atoms. The monoisotopic (exact) mass is 411 g/mol. The van der Waals surface area contributed by atoms with Gasteiger partial charge in [0.15, 0.2) is 0 Å². The highest BCUT2D eigenvalue weighted by Crippen LogP contribution is 2.23. The van der Waals surface area contributed by atoms with Gasteiger partial charge in [0.1, 0.15) is 12.1 Å². The van der Waals surface area contributed by atoms with E-state index in [1.807, 2.05) is 46.2 Å². The van der Waals surface area contributed by atoms with E-state index >= 15 is 0 Å². The summed E-state index contributed by atoms with van der Waals surface area (Å²) in [6.07, 6.45) is 6.25. The van der Waals surface area contributed by atoms with E-state index < -0.39 is 0 Å². The molecular formula is C27H29N3O. The lowest BCUT2D eigenvalue weighted by molar-refractivity contribution is 0.242. The van der Waals surface area contributed by atoms with E-state index in [-0.39, 0.29) is 11.6 Å². The van der Waals surface area contributed by atoms with Gasteiger partial charge in [0.2, 0.25) is 0 Å². The van der Waals surface area contributed by atoms with Gasteiger partial charge in [0.05, 0.1) is 17.1 Å². The second-order valence-corrected chi connectivity index (χ2v) is 8.70. The third kappa shape index (κ3) is 4.86. The summed E-state index contributed by atoms with van der Waals surface area (Å²) in [5.41, 5.74) is 12.3. The Hall–Kier alpha value is -3.37. The highest BCUT2D eigenvalue weighted by atomic mass is 16.5. The maximum absolute atomic E-state index is 6.16. The van der Waals surface area contributed by atoms with Crippen molar-refractivity contribution < 1.29 is 4.74 Å². The van der Waals surface area contributed by atoms with Crippen LogP contribution in [0.25, 0.3) is 28.9 Å². The molecule has 0 aliphatic heterocycles. The van der Waals surface area contributed by atoms with Crippen LogP contribution >= 0.6 is 0 Å². The molecule has 3 aromatic carbocycles. The first kappa shape index (κ1) is 20.9. The fraction of sp³-hybridized carbons (Fsp3) is 0.222. The molecule has 0 aliphatic rings. The Kier molecular flexibility index (Phi) is 5.66. The number of imidazole rings is 1. The Morgan fingerprint density at radius 3 is 2.19 bits per heavy atom. The smallest absolute Gasteiger partial charge is 0.119 e. The van der Waals surface area contributed by atoms with E-state index in [2.05, 4.69) is 76.3 Å². The van der Waals surface area contributed by atoms with Gasteiger partial charge in [-0.1, -0.05) is 42.5 Å². The first-order chi connectivity index (χ1) is 14.8. The molecule has 1 heterocycles. The number of nitrogens with two attached hydrogens (primary N) is 1. The summed E-state index contributed by atoms with van der Waals surface area (Å²) in [6.45, 7) is 8.08. The van der Waals surface area contributed by atoms with Gasteiger partial charge < -0.3 is 10.5 Å². The van der Waals surface area contributed by atoms with Crippen molar-refractivity contribution in [2.75, 3.05) is 0 Å². The molecule has 4 aromatic rings. The van der Waals surface area contributed by atoms with Crippen molar-refractivity contribution in [1.82, 2.24) is 9.55 Å². The van der Waals surface area contributed by atoms with Crippen LogP contribution in [0.3, 0.4) is 0 Å². The summed E-state index contributed by atoms with van der Waals surface area (Å²) in [4.78, 5) is 4.60. The minimum Gasteiger partial charge on any atom is -0.491 e. The Morgan fingerprint density at radius 2 is 1.55 bits per heavy atom. The Bertz CT molecular complexity index is 1190. The summed E-state index contributed by atoms with van der Waals surface area (Å²) in [5.74, 6) is 0.874. The number of nitrogens with zero attached hydrogens (tertiary/aromatic N) is 2. The highest BCUT2D eigenvalue weighted by molar-refractivity contribution is 5.82. The van der Waals surface area contributed by atoms with E-state index in [0.29, 0.717) is 0 Å². The van der Waals surface area contributed by atoms with Gasteiger partial charge in [-0.15, -0.1) is 0 Å². The third-order valence-electron chi connectivity index (χ3n) is 5.18. The molecule has 4 rings (SSSR count). The molecule has 1 aromatic heterocycles. The van der Waals surface area contributed by atoms with Crippen molar-refractivity contribution in [1.29, 1.82) is 0 Å².